The SMILES string of the molecule is c1ccc(-c2ssc2-c2ccccc2)cc1. The van der Waals surface area contributed by atoms with Gasteiger partial charge in [0.15, 0.2) is 0 Å². The highest BCUT2D eigenvalue weighted by Crippen LogP contribution is 2.45. The zero-order valence-corrected chi connectivity index (χ0v) is 10.2. The van der Waals surface area contributed by atoms with E-state index in [1.54, 1.807) is 0 Å². The molecule has 0 amide bonds. The van der Waals surface area contributed by atoms with Crippen molar-refractivity contribution in [3.63, 3.8) is 0 Å². The Balaban J connectivity index is 2.03. The lowest BCUT2D eigenvalue weighted by atomic mass is 10.1. The van der Waals surface area contributed by atoms with E-state index >= 15 is 0 Å². The van der Waals surface area contributed by atoms with Gasteiger partial charge in [-0.25, -0.2) is 0 Å². The molecule has 0 atom stereocenters. The monoisotopic (exact) mass is 242 g/mol. The molecule has 16 heavy (non-hydrogen) atoms. The number of benzene rings is 2. The van der Waals surface area contributed by atoms with Gasteiger partial charge in [-0.2, -0.15) is 0 Å². The molecule has 3 aromatic rings. The van der Waals surface area contributed by atoms with Gasteiger partial charge in [-0.1, -0.05) is 81.3 Å². The Labute approximate surface area is 102 Å². The molecule has 0 unspecified atom stereocenters. The highest BCUT2D eigenvalue weighted by Gasteiger charge is 2.12. The molecule has 0 N–H and O–H groups in total. The highest BCUT2D eigenvalue weighted by atomic mass is 32.9. The summed E-state index contributed by atoms with van der Waals surface area (Å²) in [7, 11) is 3.72. The Morgan fingerprint density at radius 1 is 0.500 bits per heavy atom. The van der Waals surface area contributed by atoms with E-state index in [1.165, 1.54) is 20.9 Å². The van der Waals surface area contributed by atoms with Gasteiger partial charge in [0.2, 0.25) is 0 Å². The Bertz CT molecular complexity index is 508. The molecule has 2 aromatic carbocycles. The van der Waals surface area contributed by atoms with Crippen molar-refractivity contribution in [2.75, 3.05) is 0 Å². The summed E-state index contributed by atoms with van der Waals surface area (Å²) in [4.78, 5) is 2.80. The van der Waals surface area contributed by atoms with Crippen LogP contribution in [0.1, 0.15) is 0 Å². The molecule has 0 saturated carbocycles. The lowest BCUT2D eigenvalue weighted by Gasteiger charge is -2.10. The number of hydrogen-bond donors (Lipinski definition) is 0. The van der Waals surface area contributed by atoms with Crippen molar-refractivity contribution in [3.05, 3.63) is 60.7 Å². The van der Waals surface area contributed by atoms with Crippen molar-refractivity contribution in [1.29, 1.82) is 0 Å². The molecule has 0 radical (unpaired) electrons. The van der Waals surface area contributed by atoms with E-state index < -0.39 is 0 Å². The minimum absolute atomic E-state index is 1.32. The molecular weight excluding hydrogens is 232 g/mol. The molecule has 3 rings (SSSR count). The fourth-order valence-corrected chi connectivity index (χ4v) is 3.94. The second kappa shape index (κ2) is 4.24. The fraction of sp³-hybridized carbons (Fsp3) is 0. The molecule has 1 aromatic heterocycles. The molecule has 0 aliphatic rings. The van der Waals surface area contributed by atoms with Crippen molar-refractivity contribution in [2.45, 2.75) is 0 Å². The number of hydrogen-bond acceptors (Lipinski definition) is 2. The first-order chi connectivity index (χ1) is 7.95. The second-order valence-corrected chi connectivity index (χ2v) is 5.71. The smallest absolute Gasteiger partial charge is 0.0636 e. The van der Waals surface area contributed by atoms with Crippen LogP contribution in [0.5, 0.6) is 0 Å². The van der Waals surface area contributed by atoms with Crippen LogP contribution >= 0.6 is 20.7 Å². The first kappa shape index (κ1) is 9.82. The van der Waals surface area contributed by atoms with Crippen LogP contribution < -0.4 is 0 Å². The molecule has 0 aliphatic heterocycles. The van der Waals surface area contributed by atoms with Gasteiger partial charge >= 0.3 is 0 Å². The van der Waals surface area contributed by atoms with Gasteiger partial charge in [0.1, 0.15) is 0 Å². The van der Waals surface area contributed by atoms with Crippen LogP contribution in [-0.2, 0) is 0 Å². The van der Waals surface area contributed by atoms with Crippen LogP contribution in [0.2, 0.25) is 0 Å². The van der Waals surface area contributed by atoms with Crippen LogP contribution in [0.4, 0.5) is 0 Å². The minimum Gasteiger partial charge on any atom is -0.0778 e. The van der Waals surface area contributed by atoms with E-state index in [4.69, 9.17) is 0 Å². The summed E-state index contributed by atoms with van der Waals surface area (Å²) in [5, 5.41) is 0. The van der Waals surface area contributed by atoms with Gasteiger partial charge in [-0.05, 0) is 11.1 Å². The summed E-state index contributed by atoms with van der Waals surface area (Å²) in [6, 6.07) is 21.2. The van der Waals surface area contributed by atoms with Crippen molar-refractivity contribution in [2.24, 2.45) is 0 Å². The highest BCUT2D eigenvalue weighted by molar-refractivity contribution is 7.75. The summed E-state index contributed by atoms with van der Waals surface area (Å²) in [6.45, 7) is 0. The zero-order valence-electron chi connectivity index (χ0n) is 8.59. The predicted molar refractivity (Wildman–Crippen MR) is 73.1 cm³/mol. The third-order valence-corrected chi connectivity index (χ3v) is 5.16. The van der Waals surface area contributed by atoms with Gasteiger partial charge in [0, 0.05) is 0 Å². The van der Waals surface area contributed by atoms with E-state index in [0.717, 1.165) is 0 Å². The zero-order chi connectivity index (χ0) is 10.8. The summed E-state index contributed by atoms with van der Waals surface area (Å²) in [5.41, 5.74) is 2.65. The number of rotatable bonds is 2. The van der Waals surface area contributed by atoms with Crippen molar-refractivity contribution in [3.8, 4) is 20.9 Å². The van der Waals surface area contributed by atoms with Gasteiger partial charge < -0.3 is 0 Å². The fourth-order valence-electron chi connectivity index (χ4n) is 1.66. The Morgan fingerprint density at radius 2 is 0.875 bits per heavy atom. The maximum absolute atomic E-state index is 2.17. The summed E-state index contributed by atoms with van der Waals surface area (Å²) in [5.74, 6) is 0. The largest absolute Gasteiger partial charge is 0.0778 e. The van der Waals surface area contributed by atoms with E-state index in [-0.39, 0.29) is 0 Å². The summed E-state index contributed by atoms with van der Waals surface area (Å²) in [6.07, 6.45) is 0. The molecular formula is C14H10S2. The maximum Gasteiger partial charge on any atom is 0.0636 e. The van der Waals surface area contributed by atoms with Crippen LogP contribution in [0.3, 0.4) is 0 Å². The van der Waals surface area contributed by atoms with Crippen molar-refractivity contribution in [1.82, 2.24) is 0 Å². The molecule has 0 spiro atoms. The Morgan fingerprint density at radius 3 is 1.19 bits per heavy atom. The summed E-state index contributed by atoms with van der Waals surface area (Å²) < 4.78 is 0. The topological polar surface area (TPSA) is 0 Å². The Kier molecular flexibility index (Phi) is 2.60. The van der Waals surface area contributed by atoms with E-state index in [1.807, 2.05) is 20.7 Å². The van der Waals surface area contributed by atoms with Gasteiger partial charge in [0.05, 0.1) is 9.75 Å². The van der Waals surface area contributed by atoms with Crippen LogP contribution in [0, 0.1) is 0 Å². The quantitative estimate of drug-likeness (QED) is 0.546. The van der Waals surface area contributed by atoms with E-state index in [9.17, 15) is 0 Å². The average Bonchev–Trinajstić information content (AvgIpc) is 2.30. The van der Waals surface area contributed by atoms with Crippen LogP contribution in [0.15, 0.2) is 60.7 Å². The first-order valence-corrected chi connectivity index (χ1v) is 7.30. The maximum atomic E-state index is 2.17. The molecule has 78 valence electrons. The molecule has 1 heterocycles. The summed E-state index contributed by atoms with van der Waals surface area (Å²) >= 11 is 0. The van der Waals surface area contributed by atoms with Crippen LogP contribution in [-0.4, -0.2) is 0 Å². The first-order valence-electron chi connectivity index (χ1n) is 5.15. The molecule has 0 saturated heterocycles. The molecule has 0 aliphatic carbocycles. The standard InChI is InChI=1S/C14H10S2/c1-3-7-11(8-4-1)13-14(16-15-13)12-9-5-2-6-10-12/h1-10H. The molecule has 0 nitrogen and oxygen atoms in total. The molecule has 0 fully saturated rings. The third-order valence-electron chi connectivity index (χ3n) is 2.49. The lowest BCUT2D eigenvalue weighted by molar-refractivity contribution is 1.67. The van der Waals surface area contributed by atoms with Crippen LogP contribution in [0.25, 0.3) is 20.9 Å². The molecule has 0 bridgehead atoms. The van der Waals surface area contributed by atoms with Crippen molar-refractivity contribution < 1.29 is 0 Å². The van der Waals surface area contributed by atoms with Crippen molar-refractivity contribution >= 4 is 20.7 Å². The van der Waals surface area contributed by atoms with E-state index in [2.05, 4.69) is 60.7 Å². The lowest BCUT2D eigenvalue weighted by Crippen LogP contribution is -1.81. The Hall–Kier alpha value is -1.38. The predicted octanol–water partition coefficient (Wildman–Crippen LogP) is 5.14. The third kappa shape index (κ3) is 1.70. The average molecular weight is 242 g/mol. The van der Waals surface area contributed by atoms with Gasteiger partial charge in [-0.15, -0.1) is 0 Å². The van der Waals surface area contributed by atoms with Gasteiger partial charge in [-0.3, -0.25) is 0 Å². The van der Waals surface area contributed by atoms with Gasteiger partial charge in [0.25, 0.3) is 0 Å². The second-order valence-electron chi connectivity index (χ2n) is 3.56. The minimum atomic E-state index is 1.32. The van der Waals surface area contributed by atoms with E-state index in [0.29, 0.717) is 0 Å². The molecule has 2 heteroatoms. The normalized spacial score (nSPS) is 10.5.